The number of aromatic nitrogens is 4. The lowest BCUT2D eigenvalue weighted by molar-refractivity contribution is 0.332. The average Bonchev–Trinajstić information content (AvgIpc) is 3.19. The molecule has 34 heavy (non-hydrogen) atoms. The number of hydrogen-bond donors (Lipinski definition) is 2. The predicted molar refractivity (Wildman–Crippen MR) is 127 cm³/mol. The normalized spacial score (nSPS) is 11.0. The standard InChI is InChI=1S/C25H20F2N6O/c26-17-8-6-16(7-9-17)22-21-23(28)33(19-12-10-18(27)11-13-19)32-24(21)31-25(30-22)29-14-15-34-20-4-2-1-3-5-20/h1-13H,14-15,28H2,(H,29,31,32). The zero-order chi connectivity index (χ0) is 23.5. The Hall–Kier alpha value is -4.53. The zero-order valence-corrected chi connectivity index (χ0v) is 18.0. The lowest BCUT2D eigenvalue weighted by Crippen LogP contribution is -2.13. The monoisotopic (exact) mass is 458 g/mol. The van der Waals surface area contributed by atoms with Crippen molar-refractivity contribution < 1.29 is 13.5 Å². The molecule has 0 aliphatic rings. The van der Waals surface area contributed by atoms with Crippen molar-refractivity contribution in [1.29, 1.82) is 0 Å². The molecule has 0 radical (unpaired) electrons. The van der Waals surface area contributed by atoms with Crippen molar-refractivity contribution in [2.24, 2.45) is 0 Å². The molecule has 3 aromatic carbocycles. The zero-order valence-electron chi connectivity index (χ0n) is 18.0. The Morgan fingerprint density at radius 3 is 2.24 bits per heavy atom. The molecule has 5 rings (SSSR count). The molecule has 0 aliphatic carbocycles. The van der Waals surface area contributed by atoms with Crippen molar-refractivity contribution in [3.8, 4) is 22.7 Å². The maximum atomic E-state index is 13.5. The van der Waals surface area contributed by atoms with Gasteiger partial charge >= 0.3 is 0 Å². The summed E-state index contributed by atoms with van der Waals surface area (Å²) in [5.41, 5.74) is 8.51. The van der Waals surface area contributed by atoms with Crippen molar-refractivity contribution in [3.05, 3.63) is 90.5 Å². The highest BCUT2D eigenvalue weighted by Gasteiger charge is 2.19. The molecular formula is C25H20F2N6O. The number of halogens is 2. The van der Waals surface area contributed by atoms with Gasteiger partial charge in [0.2, 0.25) is 5.95 Å². The van der Waals surface area contributed by atoms with E-state index in [0.717, 1.165) is 5.75 Å². The van der Waals surface area contributed by atoms with E-state index in [9.17, 15) is 8.78 Å². The van der Waals surface area contributed by atoms with Gasteiger partial charge in [0.25, 0.3) is 0 Å². The third-order valence-corrected chi connectivity index (χ3v) is 5.15. The highest BCUT2D eigenvalue weighted by atomic mass is 19.1. The molecule has 0 aliphatic heterocycles. The minimum Gasteiger partial charge on any atom is -0.492 e. The van der Waals surface area contributed by atoms with Gasteiger partial charge in [0.05, 0.1) is 23.3 Å². The molecule has 0 bridgehead atoms. The third kappa shape index (κ3) is 4.36. The first-order chi connectivity index (χ1) is 16.6. The number of nitrogen functional groups attached to an aromatic ring is 1. The molecule has 0 spiro atoms. The number of nitrogens with zero attached hydrogens (tertiary/aromatic N) is 4. The van der Waals surface area contributed by atoms with Crippen molar-refractivity contribution in [1.82, 2.24) is 19.7 Å². The average molecular weight is 458 g/mol. The Morgan fingerprint density at radius 1 is 0.853 bits per heavy atom. The Labute approximate surface area is 193 Å². The largest absolute Gasteiger partial charge is 0.492 e. The van der Waals surface area contributed by atoms with Crippen molar-refractivity contribution in [2.45, 2.75) is 0 Å². The van der Waals surface area contributed by atoms with Gasteiger partial charge in [-0.2, -0.15) is 4.98 Å². The van der Waals surface area contributed by atoms with Crippen LogP contribution in [0.3, 0.4) is 0 Å². The van der Waals surface area contributed by atoms with E-state index in [-0.39, 0.29) is 11.6 Å². The molecule has 9 heteroatoms. The lowest BCUT2D eigenvalue weighted by atomic mass is 10.1. The van der Waals surface area contributed by atoms with Crippen molar-refractivity contribution in [2.75, 3.05) is 24.2 Å². The number of benzene rings is 3. The Bertz CT molecular complexity index is 1420. The topological polar surface area (TPSA) is 90.9 Å². The summed E-state index contributed by atoms with van der Waals surface area (Å²) in [5, 5.41) is 8.18. The predicted octanol–water partition coefficient (Wildman–Crippen LogP) is 4.83. The first-order valence-electron chi connectivity index (χ1n) is 10.6. The Morgan fingerprint density at radius 2 is 1.53 bits per heavy atom. The van der Waals surface area contributed by atoms with Crippen LogP contribution in [0.2, 0.25) is 0 Å². The van der Waals surface area contributed by atoms with Crippen LogP contribution in [-0.4, -0.2) is 32.9 Å². The molecule has 0 fully saturated rings. The first kappa shape index (κ1) is 21.3. The molecule has 2 aromatic heterocycles. The molecule has 7 nitrogen and oxygen atoms in total. The van der Waals surface area contributed by atoms with Crippen LogP contribution in [0.5, 0.6) is 5.75 Å². The maximum absolute atomic E-state index is 13.5. The van der Waals surface area contributed by atoms with E-state index in [2.05, 4.69) is 20.4 Å². The van der Waals surface area contributed by atoms with Crippen LogP contribution in [0.25, 0.3) is 28.0 Å². The van der Waals surface area contributed by atoms with Gasteiger partial charge in [0, 0.05) is 5.56 Å². The summed E-state index contributed by atoms with van der Waals surface area (Å²) in [6, 6.07) is 21.2. The molecule has 0 saturated carbocycles. The van der Waals surface area contributed by atoms with E-state index in [4.69, 9.17) is 10.5 Å². The highest BCUT2D eigenvalue weighted by Crippen LogP contribution is 2.32. The van der Waals surface area contributed by atoms with Crippen LogP contribution >= 0.6 is 0 Å². The number of nitrogens with two attached hydrogens (primary N) is 1. The summed E-state index contributed by atoms with van der Waals surface area (Å²) >= 11 is 0. The second-order valence-corrected chi connectivity index (χ2v) is 7.46. The molecule has 5 aromatic rings. The van der Waals surface area contributed by atoms with E-state index in [1.54, 1.807) is 24.3 Å². The number of fused-ring (bicyclic) bond motifs is 1. The first-order valence-corrected chi connectivity index (χ1v) is 10.6. The number of ether oxygens (including phenoxy) is 1. The van der Waals surface area contributed by atoms with Gasteiger partial charge in [-0.15, -0.1) is 5.10 Å². The van der Waals surface area contributed by atoms with Gasteiger partial charge in [0.15, 0.2) is 5.65 Å². The summed E-state index contributed by atoms with van der Waals surface area (Å²) in [5.74, 6) is 0.654. The van der Waals surface area contributed by atoms with Gasteiger partial charge in [-0.25, -0.2) is 18.4 Å². The van der Waals surface area contributed by atoms with E-state index in [0.29, 0.717) is 52.9 Å². The number of nitrogens with one attached hydrogen (secondary N) is 1. The fourth-order valence-electron chi connectivity index (χ4n) is 3.53. The smallest absolute Gasteiger partial charge is 0.225 e. The summed E-state index contributed by atoms with van der Waals surface area (Å²) in [6.07, 6.45) is 0. The van der Waals surface area contributed by atoms with Crippen LogP contribution in [0.4, 0.5) is 20.5 Å². The van der Waals surface area contributed by atoms with Crippen LogP contribution in [0.1, 0.15) is 0 Å². The summed E-state index contributed by atoms with van der Waals surface area (Å²) in [7, 11) is 0. The molecular weight excluding hydrogens is 438 g/mol. The number of para-hydroxylation sites is 1. The second-order valence-electron chi connectivity index (χ2n) is 7.46. The van der Waals surface area contributed by atoms with E-state index < -0.39 is 0 Å². The molecule has 2 heterocycles. The van der Waals surface area contributed by atoms with Crippen molar-refractivity contribution in [3.63, 3.8) is 0 Å². The summed E-state index contributed by atoms with van der Waals surface area (Å²) < 4.78 is 34.1. The number of hydrogen-bond acceptors (Lipinski definition) is 6. The fourth-order valence-corrected chi connectivity index (χ4v) is 3.53. The van der Waals surface area contributed by atoms with Gasteiger partial charge in [-0.3, -0.25) is 0 Å². The SMILES string of the molecule is Nc1c2c(-c3ccc(F)cc3)nc(NCCOc3ccccc3)nc2nn1-c1ccc(F)cc1. The van der Waals surface area contributed by atoms with Crippen LogP contribution in [0, 0.1) is 11.6 Å². The van der Waals surface area contributed by atoms with E-state index in [1.165, 1.54) is 28.9 Å². The van der Waals surface area contributed by atoms with Gasteiger partial charge in [-0.05, 0) is 60.7 Å². The second kappa shape index (κ2) is 9.14. The van der Waals surface area contributed by atoms with Gasteiger partial charge in [-0.1, -0.05) is 18.2 Å². The van der Waals surface area contributed by atoms with Gasteiger partial charge in [0.1, 0.15) is 29.8 Å². The molecule has 0 saturated heterocycles. The minimum absolute atomic E-state index is 0.292. The lowest BCUT2D eigenvalue weighted by Gasteiger charge is -2.10. The van der Waals surface area contributed by atoms with Crippen molar-refractivity contribution >= 4 is 22.8 Å². The summed E-state index contributed by atoms with van der Waals surface area (Å²) in [6.45, 7) is 0.834. The maximum Gasteiger partial charge on any atom is 0.225 e. The summed E-state index contributed by atoms with van der Waals surface area (Å²) in [4.78, 5) is 9.14. The van der Waals surface area contributed by atoms with E-state index in [1.807, 2.05) is 30.3 Å². The number of rotatable bonds is 7. The Balaban J connectivity index is 1.50. The Kier molecular flexibility index (Phi) is 5.73. The van der Waals surface area contributed by atoms with Crippen LogP contribution in [0.15, 0.2) is 78.9 Å². The fraction of sp³-hybridized carbons (Fsp3) is 0.0800. The minimum atomic E-state index is -0.366. The van der Waals surface area contributed by atoms with Crippen LogP contribution < -0.4 is 15.8 Å². The molecule has 0 atom stereocenters. The molecule has 170 valence electrons. The highest BCUT2D eigenvalue weighted by molar-refractivity contribution is 5.99. The molecule has 3 N–H and O–H groups in total. The van der Waals surface area contributed by atoms with Crippen LogP contribution in [-0.2, 0) is 0 Å². The van der Waals surface area contributed by atoms with E-state index >= 15 is 0 Å². The molecule has 0 unspecified atom stereocenters. The van der Waals surface area contributed by atoms with Gasteiger partial charge < -0.3 is 15.8 Å². The molecule has 0 amide bonds. The third-order valence-electron chi connectivity index (χ3n) is 5.15. The number of anilines is 2. The quantitative estimate of drug-likeness (QED) is 0.340.